The average molecular weight is 393 g/mol. The first-order valence-electron chi connectivity index (χ1n) is 9.83. The third-order valence-corrected chi connectivity index (χ3v) is 5.66. The Morgan fingerprint density at radius 3 is 2.55 bits per heavy atom. The summed E-state index contributed by atoms with van der Waals surface area (Å²) in [6.07, 6.45) is 3.37. The first kappa shape index (κ1) is 19.2. The number of aromatic hydroxyl groups is 1. The second kappa shape index (κ2) is 7.70. The number of carbonyl (C=O) groups excluding carboxylic acids is 1. The number of carbonyl (C=O) groups is 1. The van der Waals surface area contributed by atoms with Crippen LogP contribution in [-0.4, -0.2) is 38.8 Å². The van der Waals surface area contributed by atoms with Crippen molar-refractivity contribution in [2.75, 3.05) is 13.1 Å². The van der Waals surface area contributed by atoms with Gasteiger partial charge in [0.1, 0.15) is 11.6 Å². The van der Waals surface area contributed by atoms with Gasteiger partial charge in [0.15, 0.2) is 0 Å². The summed E-state index contributed by atoms with van der Waals surface area (Å²) in [6, 6.07) is 12.0. The first-order valence-corrected chi connectivity index (χ1v) is 9.83. The van der Waals surface area contributed by atoms with E-state index in [9.17, 15) is 14.3 Å². The Kier molecular flexibility index (Phi) is 5.09. The number of benzene rings is 2. The molecule has 150 valence electrons. The van der Waals surface area contributed by atoms with Crippen LogP contribution in [0.2, 0.25) is 0 Å². The van der Waals surface area contributed by atoms with Crippen molar-refractivity contribution in [3.05, 3.63) is 71.2 Å². The summed E-state index contributed by atoms with van der Waals surface area (Å²) in [5.41, 5.74) is 4.53. The number of hydrogen-bond acceptors (Lipinski definition) is 3. The number of phenols is 1. The maximum atomic E-state index is 14.0. The number of likely N-dealkylation sites (tertiary alicyclic amines) is 1. The van der Waals surface area contributed by atoms with Crippen LogP contribution in [0.3, 0.4) is 0 Å². The van der Waals surface area contributed by atoms with E-state index in [1.54, 1.807) is 4.90 Å². The fraction of sp³-hybridized carbons (Fsp3) is 0.304. The van der Waals surface area contributed by atoms with Crippen molar-refractivity contribution in [2.45, 2.75) is 32.7 Å². The fourth-order valence-electron chi connectivity index (χ4n) is 4.06. The SMILES string of the molecule is Cc1ccccc1-c1c(C)cnn1C1CCN(C(=O)c2cc(O)ccc2F)CC1. The molecule has 1 saturated heterocycles. The highest BCUT2D eigenvalue weighted by molar-refractivity contribution is 5.95. The molecule has 1 fully saturated rings. The van der Waals surface area contributed by atoms with Crippen LogP contribution < -0.4 is 0 Å². The van der Waals surface area contributed by atoms with Crippen molar-refractivity contribution in [1.82, 2.24) is 14.7 Å². The van der Waals surface area contributed by atoms with E-state index in [1.165, 1.54) is 23.3 Å². The van der Waals surface area contributed by atoms with E-state index in [0.717, 1.165) is 30.2 Å². The van der Waals surface area contributed by atoms with E-state index in [4.69, 9.17) is 0 Å². The van der Waals surface area contributed by atoms with E-state index in [-0.39, 0.29) is 23.3 Å². The van der Waals surface area contributed by atoms with Gasteiger partial charge in [-0.15, -0.1) is 0 Å². The van der Waals surface area contributed by atoms with Gasteiger partial charge in [0.25, 0.3) is 5.91 Å². The second-order valence-corrected chi connectivity index (χ2v) is 7.62. The summed E-state index contributed by atoms with van der Waals surface area (Å²) in [6.45, 7) is 5.20. The molecule has 2 aromatic carbocycles. The van der Waals surface area contributed by atoms with Gasteiger partial charge in [0.2, 0.25) is 0 Å². The van der Waals surface area contributed by atoms with Gasteiger partial charge < -0.3 is 10.0 Å². The molecule has 29 heavy (non-hydrogen) atoms. The summed E-state index contributed by atoms with van der Waals surface area (Å²) in [5, 5.41) is 14.2. The molecule has 4 rings (SSSR count). The first-order chi connectivity index (χ1) is 14.0. The maximum absolute atomic E-state index is 14.0. The topological polar surface area (TPSA) is 58.4 Å². The van der Waals surface area contributed by atoms with Gasteiger partial charge in [-0.2, -0.15) is 5.10 Å². The third kappa shape index (κ3) is 3.62. The Morgan fingerprint density at radius 2 is 1.83 bits per heavy atom. The van der Waals surface area contributed by atoms with Crippen LogP contribution in [0.4, 0.5) is 4.39 Å². The van der Waals surface area contributed by atoms with Crippen LogP contribution >= 0.6 is 0 Å². The van der Waals surface area contributed by atoms with Gasteiger partial charge in [0.05, 0.1) is 23.5 Å². The predicted molar refractivity (Wildman–Crippen MR) is 109 cm³/mol. The number of rotatable bonds is 3. The normalized spacial score (nSPS) is 14.9. The number of halogens is 1. The Hall–Kier alpha value is -3.15. The van der Waals surface area contributed by atoms with Gasteiger partial charge in [-0.1, -0.05) is 24.3 Å². The lowest BCUT2D eigenvalue weighted by molar-refractivity contribution is 0.0685. The minimum Gasteiger partial charge on any atom is -0.508 e. The number of phenolic OH excluding ortho intramolecular Hbond substituents is 1. The van der Waals surface area contributed by atoms with Gasteiger partial charge in [-0.05, 0) is 56.0 Å². The third-order valence-electron chi connectivity index (χ3n) is 5.66. The highest BCUT2D eigenvalue weighted by atomic mass is 19.1. The van der Waals surface area contributed by atoms with Crippen molar-refractivity contribution in [1.29, 1.82) is 0 Å². The van der Waals surface area contributed by atoms with E-state index < -0.39 is 5.82 Å². The molecule has 1 aliphatic heterocycles. The Morgan fingerprint density at radius 1 is 1.10 bits per heavy atom. The highest BCUT2D eigenvalue weighted by Gasteiger charge is 2.28. The number of hydrogen-bond donors (Lipinski definition) is 1. The lowest BCUT2D eigenvalue weighted by Crippen LogP contribution is -2.39. The second-order valence-electron chi connectivity index (χ2n) is 7.62. The van der Waals surface area contributed by atoms with Crippen molar-refractivity contribution in [3.63, 3.8) is 0 Å². The van der Waals surface area contributed by atoms with Crippen molar-refractivity contribution in [3.8, 4) is 17.0 Å². The number of piperidine rings is 1. The Bertz CT molecular complexity index is 1050. The Balaban J connectivity index is 1.53. The zero-order chi connectivity index (χ0) is 20.5. The van der Waals surface area contributed by atoms with Gasteiger partial charge in [0, 0.05) is 18.7 Å². The molecule has 5 nitrogen and oxygen atoms in total. The standard InChI is InChI=1S/C23H24FN3O2/c1-15-5-3-4-6-19(15)22-16(2)14-25-27(22)17-9-11-26(12-10-17)23(29)20-13-18(28)7-8-21(20)24/h3-8,13-14,17,28H,9-12H2,1-2H3. The molecule has 0 radical (unpaired) electrons. The van der Waals surface area contributed by atoms with Crippen molar-refractivity contribution < 1.29 is 14.3 Å². The molecule has 6 heteroatoms. The zero-order valence-corrected chi connectivity index (χ0v) is 16.6. The van der Waals surface area contributed by atoms with Crippen LogP contribution in [0.15, 0.2) is 48.7 Å². The van der Waals surface area contributed by atoms with E-state index in [2.05, 4.69) is 35.8 Å². The van der Waals surface area contributed by atoms with Crippen LogP contribution in [-0.2, 0) is 0 Å². The summed E-state index contributed by atoms with van der Waals surface area (Å²) in [4.78, 5) is 14.4. The maximum Gasteiger partial charge on any atom is 0.256 e. The van der Waals surface area contributed by atoms with Crippen LogP contribution in [0.1, 0.15) is 40.4 Å². The molecular weight excluding hydrogens is 369 g/mol. The molecule has 0 bridgehead atoms. The van der Waals surface area contributed by atoms with Crippen LogP contribution in [0.25, 0.3) is 11.3 Å². The summed E-state index contributed by atoms with van der Waals surface area (Å²) in [7, 11) is 0. The average Bonchev–Trinajstić information content (AvgIpc) is 3.11. The van der Waals surface area contributed by atoms with Gasteiger partial charge >= 0.3 is 0 Å². The molecule has 2 heterocycles. The highest BCUT2D eigenvalue weighted by Crippen LogP contribution is 2.33. The summed E-state index contributed by atoms with van der Waals surface area (Å²) >= 11 is 0. The summed E-state index contributed by atoms with van der Waals surface area (Å²) in [5.74, 6) is -1.10. The van der Waals surface area contributed by atoms with Gasteiger partial charge in [-0.3, -0.25) is 9.48 Å². The minimum absolute atomic E-state index is 0.0843. The van der Waals surface area contributed by atoms with Crippen molar-refractivity contribution >= 4 is 5.91 Å². The Labute approximate surface area is 169 Å². The lowest BCUT2D eigenvalue weighted by atomic mass is 10.00. The number of nitrogens with zero attached hydrogens (tertiary/aromatic N) is 3. The molecular formula is C23H24FN3O2. The molecule has 1 N–H and O–H groups in total. The smallest absolute Gasteiger partial charge is 0.256 e. The molecule has 0 saturated carbocycles. The minimum atomic E-state index is -0.612. The van der Waals surface area contributed by atoms with Crippen LogP contribution in [0, 0.1) is 19.7 Å². The van der Waals surface area contributed by atoms with E-state index in [1.807, 2.05) is 18.3 Å². The largest absolute Gasteiger partial charge is 0.508 e. The fourth-order valence-corrected chi connectivity index (χ4v) is 4.06. The van der Waals surface area contributed by atoms with Crippen LogP contribution in [0.5, 0.6) is 5.75 Å². The van der Waals surface area contributed by atoms with E-state index in [0.29, 0.717) is 13.1 Å². The number of amides is 1. The molecule has 0 unspecified atom stereocenters. The molecule has 1 aliphatic rings. The molecule has 3 aromatic rings. The molecule has 1 aromatic heterocycles. The molecule has 0 atom stereocenters. The zero-order valence-electron chi connectivity index (χ0n) is 16.6. The monoisotopic (exact) mass is 393 g/mol. The summed E-state index contributed by atoms with van der Waals surface area (Å²) < 4.78 is 16.1. The lowest BCUT2D eigenvalue weighted by Gasteiger charge is -2.33. The van der Waals surface area contributed by atoms with E-state index >= 15 is 0 Å². The molecule has 0 spiro atoms. The number of aromatic nitrogens is 2. The molecule has 1 amide bonds. The van der Waals surface area contributed by atoms with Crippen molar-refractivity contribution in [2.24, 2.45) is 0 Å². The number of aryl methyl sites for hydroxylation is 2. The quantitative estimate of drug-likeness (QED) is 0.713. The van der Waals surface area contributed by atoms with Gasteiger partial charge in [-0.25, -0.2) is 4.39 Å². The molecule has 0 aliphatic carbocycles. The predicted octanol–water partition coefficient (Wildman–Crippen LogP) is 4.49.